The summed E-state index contributed by atoms with van der Waals surface area (Å²) in [4.78, 5) is 5.12. The average molecular weight is 262 g/mol. The lowest BCUT2D eigenvalue weighted by Crippen LogP contribution is -1.91. The molecule has 2 N–H and O–H groups in total. The van der Waals surface area contributed by atoms with Gasteiger partial charge in [0.25, 0.3) is 0 Å². The standard InChI is InChI=1S/C12H8ClN3S/c13-9-1-3-11(4-2-9)17-12-8(6-14)5-10(15)7-16-12/h1-5,7H,15H2. The zero-order chi connectivity index (χ0) is 12.3. The Kier molecular flexibility index (Phi) is 3.52. The molecule has 2 aromatic rings. The van der Waals surface area contributed by atoms with Crippen LogP contribution in [0.2, 0.25) is 5.02 Å². The van der Waals surface area contributed by atoms with Crippen LogP contribution in [0.25, 0.3) is 0 Å². The second-order valence-corrected chi connectivity index (χ2v) is 4.79. The van der Waals surface area contributed by atoms with E-state index < -0.39 is 0 Å². The Morgan fingerprint density at radius 1 is 1.29 bits per heavy atom. The summed E-state index contributed by atoms with van der Waals surface area (Å²) in [7, 11) is 0. The molecule has 0 aliphatic heterocycles. The third kappa shape index (κ3) is 2.90. The van der Waals surface area contributed by atoms with Crippen LogP contribution < -0.4 is 5.73 Å². The molecule has 0 saturated carbocycles. The molecule has 5 heteroatoms. The Balaban J connectivity index is 2.30. The molecule has 0 aliphatic rings. The van der Waals surface area contributed by atoms with Crippen molar-refractivity contribution in [3.05, 3.63) is 47.1 Å². The highest BCUT2D eigenvalue weighted by molar-refractivity contribution is 7.99. The van der Waals surface area contributed by atoms with Gasteiger partial charge < -0.3 is 5.73 Å². The molecule has 0 radical (unpaired) electrons. The van der Waals surface area contributed by atoms with Crippen LogP contribution in [0, 0.1) is 11.3 Å². The molecule has 84 valence electrons. The number of nitrogens with zero attached hydrogens (tertiary/aromatic N) is 2. The van der Waals surface area contributed by atoms with E-state index in [9.17, 15) is 0 Å². The summed E-state index contributed by atoms with van der Waals surface area (Å²) in [6.07, 6.45) is 1.54. The van der Waals surface area contributed by atoms with Crippen molar-refractivity contribution in [2.75, 3.05) is 5.73 Å². The maximum atomic E-state index is 8.99. The fraction of sp³-hybridized carbons (Fsp3) is 0. The first-order valence-electron chi connectivity index (χ1n) is 4.78. The van der Waals surface area contributed by atoms with E-state index in [-0.39, 0.29) is 0 Å². The van der Waals surface area contributed by atoms with E-state index in [0.29, 0.717) is 21.3 Å². The maximum absolute atomic E-state index is 8.99. The highest BCUT2D eigenvalue weighted by Gasteiger charge is 2.06. The van der Waals surface area contributed by atoms with Crippen molar-refractivity contribution < 1.29 is 0 Å². The van der Waals surface area contributed by atoms with Crippen molar-refractivity contribution in [3.63, 3.8) is 0 Å². The van der Waals surface area contributed by atoms with Crippen LogP contribution in [0.1, 0.15) is 5.56 Å². The highest BCUT2D eigenvalue weighted by Crippen LogP contribution is 2.29. The fourth-order valence-electron chi connectivity index (χ4n) is 1.24. The number of anilines is 1. The molecule has 3 nitrogen and oxygen atoms in total. The predicted molar refractivity (Wildman–Crippen MR) is 68.9 cm³/mol. The van der Waals surface area contributed by atoms with Gasteiger partial charge in [0, 0.05) is 9.92 Å². The van der Waals surface area contributed by atoms with Crippen molar-refractivity contribution in [3.8, 4) is 6.07 Å². The van der Waals surface area contributed by atoms with E-state index in [1.165, 1.54) is 11.8 Å². The van der Waals surface area contributed by atoms with Gasteiger partial charge in [-0.05, 0) is 30.3 Å². The Hall–Kier alpha value is -1.70. The molecule has 0 bridgehead atoms. The summed E-state index contributed by atoms with van der Waals surface area (Å²) in [5, 5.41) is 10.3. The Morgan fingerprint density at radius 3 is 2.65 bits per heavy atom. The number of pyridine rings is 1. The van der Waals surface area contributed by atoms with Gasteiger partial charge in [-0.2, -0.15) is 5.26 Å². The van der Waals surface area contributed by atoms with E-state index in [1.54, 1.807) is 24.4 Å². The van der Waals surface area contributed by atoms with Gasteiger partial charge in [-0.1, -0.05) is 23.4 Å². The van der Waals surface area contributed by atoms with Crippen molar-refractivity contribution in [2.24, 2.45) is 0 Å². The summed E-state index contributed by atoms with van der Waals surface area (Å²) in [6.45, 7) is 0. The quantitative estimate of drug-likeness (QED) is 0.901. The lowest BCUT2D eigenvalue weighted by molar-refractivity contribution is 1.11. The number of hydrogen-bond acceptors (Lipinski definition) is 4. The topological polar surface area (TPSA) is 62.7 Å². The van der Waals surface area contributed by atoms with Gasteiger partial charge in [0.1, 0.15) is 11.1 Å². The summed E-state index contributed by atoms with van der Waals surface area (Å²) >= 11 is 7.21. The van der Waals surface area contributed by atoms with Crippen LogP contribution in [0.5, 0.6) is 0 Å². The summed E-state index contributed by atoms with van der Waals surface area (Å²) in [6, 6.07) is 11.1. The molecule has 2 rings (SSSR count). The summed E-state index contributed by atoms with van der Waals surface area (Å²) in [5.41, 5.74) is 6.54. The van der Waals surface area contributed by atoms with Crippen LogP contribution >= 0.6 is 23.4 Å². The van der Waals surface area contributed by atoms with Crippen LogP contribution in [0.15, 0.2) is 46.5 Å². The lowest BCUT2D eigenvalue weighted by atomic mass is 10.3. The van der Waals surface area contributed by atoms with Crippen LogP contribution in [-0.4, -0.2) is 4.98 Å². The summed E-state index contributed by atoms with van der Waals surface area (Å²) in [5.74, 6) is 0. The third-order valence-corrected chi connectivity index (χ3v) is 3.30. The maximum Gasteiger partial charge on any atom is 0.119 e. The molecule has 0 atom stereocenters. The number of nitrogens with two attached hydrogens (primary N) is 1. The Labute approximate surface area is 108 Å². The molecule has 0 saturated heterocycles. The van der Waals surface area contributed by atoms with E-state index >= 15 is 0 Å². The average Bonchev–Trinajstić information content (AvgIpc) is 2.34. The largest absolute Gasteiger partial charge is 0.397 e. The number of aromatic nitrogens is 1. The first kappa shape index (κ1) is 11.8. The van der Waals surface area contributed by atoms with Crippen LogP contribution in [0.4, 0.5) is 5.69 Å². The Bertz CT molecular complexity index is 575. The molecule has 0 spiro atoms. The minimum Gasteiger partial charge on any atom is -0.397 e. The second-order valence-electron chi connectivity index (χ2n) is 3.29. The fourth-order valence-corrected chi connectivity index (χ4v) is 2.19. The third-order valence-electron chi connectivity index (χ3n) is 2.02. The molecule has 1 heterocycles. The van der Waals surface area contributed by atoms with Crippen molar-refractivity contribution in [1.82, 2.24) is 4.98 Å². The van der Waals surface area contributed by atoms with Crippen LogP contribution in [-0.2, 0) is 0 Å². The SMILES string of the molecule is N#Cc1cc(N)cnc1Sc1ccc(Cl)cc1. The molecular formula is C12H8ClN3S. The molecular weight excluding hydrogens is 254 g/mol. The van der Waals surface area contributed by atoms with Gasteiger partial charge >= 0.3 is 0 Å². The van der Waals surface area contributed by atoms with Gasteiger partial charge in [-0.3, -0.25) is 0 Å². The van der Waals surface area contributed by atoms with E-state index in [4.69, 9.17) is 22.6 Å². The molecule has 17 heavy (non-hydrogen) atoms. The van der Waals surface area contributed by atoms with Gasteiger partial charge in [-0.15, -0.1) is 0 Å². The normalized spacial score (nSPS) is 9.88. The smallest absolute Gasteiger partial charge is 0.119 e. The Morgan fingerprint density at radius 2 is 2.00 bits per heavy atom. The molecule has 1 aromatic carbocycles. The number of hydrogen-bond donors (Lipinski definition) is 1. The van der Waals surface area contributed by atoms with Gasteiger partial charge in [0.2, 0.25) is 0 Å². The first-order valence-corrected chi connectivity index (χ1v) is 5.97. The van der Waals surface area contributed by atoms with Gasteiger partial charge in [0.15, 0.2) is 0 Å². The molecule has 0 fully saturated rings. The lowest BCUT2D eigenvalue weighted by Gasteiger charge is -2.03. The van der Waals surface area contributed by atoms with Crippen molar-refractivity contribution in [1.29, 1.82) is 5.26 Å². The van der Waals surface area contributed by atoms with Gasteiger partial charge in [0.05, 0.1) is 17.4 Å². The number of nitriles is 1. The molecule has 0 aliphatic carbocycles. The molecule has 0 amide bonds. The van der Waals surface area contributed by atoms with Crippen LogP contribution in [0.3, 0.4) is 0 Å². The van der Waals surface area contributed by atoms with Crippen molar-refractivity contribution >= 4 is 29.1 Å². The zero-order valence-corrected chi connectivity index (χ0v) is 10.3. The van der Waals surface area contributed by atoms with E-state index in [1.807, 2.05) is 12.1 Å². The minimum absolute atomic E-state index is 0.477. The predicted octanol–water partition coefficient (Wildman–Crippen LogP) is 3.34. The second kappa shape index (κ2) is 5.09. The number of benzene rings is 1. The minimum atomic E-state index is 0.477. The van der Waals surface area contributed by atoms with E-state index in [0.717, 1.165) is 4.90 Å². The molecule has 0 unspecified atom stereocenters. The monoisotopic (exact) mass is 261 g/mol. The first-order chi connectivity index (χ1) is 8.19. The highest BCUT2D eigenvalue weighted by atomic mass is 35.5. The number of nitrogen functional groups attached to an aromatic ring is 1. The molecule has 1 aromatic heterocycles. The zero-order valence-electron chi connectivity index (χ0n) is 8.72. The van der Waals surface area contributed by atoms with E-state index in [2.05, 4.69) is 11.1 Å². The number of rotatable bonds is 2. The summed E-state index contributed by atoms with van der Waals surface area (Å²) < 4.78 is 0. The number of halogens is 1. The van der Waals surface area contributed by atoms with Gasteiger partial charge in [-0.25, -0.2) is 4.98 Å². The van der Waals surface area contributed by atoms with Crippen molar-refractivity contribution in [2.45, 2.75) is 9.92 Å².